The number of carbonyl (C=O) groups excluding carboxylic acids is 1. The van der Waals surface area contributed by atoms with Crippen LogP contribution in [0.5, 0.6) is 0 Å². The van der Waals surface area contributed by atoms with E-state index in [0.29, 0.717) is 12.1 Å². The number of hydrogen-bond acceptors (Lipinski definition) is 2. The van der Waals surface area contributed by atoms with Gasteiger partial charge >= 0.3 is 6.18 Å². The van der Waals surface area contributed by atoms with Gasteiger partial charge in [0.05, 0.1) is 5.92 Å². The third-order valence-corrected chi connectivity index (χ3v) is 4.82. The molecule has 23 heavy (non-hydrogen) atoms. The molecule has 1 aromatic rings. The van der Waals surface area contributed by atoms with Gasteiger partial charge in [-0.25, -0.2) is 0 Å². The Morgan fingerprint density at radius 2 is 1.78 bits per heavy atom. The van der Waals surface area contributed by atoms with Gasteiger partial charge in [0.2, 0.25) is 5.91 Å². The van der Waals surface area contributed by atoms with E-state index in [-0.39, 0.29) is 11.6 Å². The Morgan fingerprint density at radius 3 is 2.35 bits per heavy atom. The molecule has 2 aliphatic heterocycles. The van der Waals surface area contributed by atoms with Crippen molar-refractivity contribution in [2.45, 2.75) is 62.3 Å². The van der Waals surface area contributed by atoms with Crippen LogP contribution in [0.4, 0.5) is 13.2 Å². The fraction of sp³-hybridized carbons (Fsp3) is 0.588. The second kappa shape index (κ2) is 6.51. The zero-order valence-electron chi connectivity index (χ0n) is 12.8. The minimum absolute atomic E-state index is 0.00842. The predicted molar refractivity (Wildman–Crippen MR) is 81.0 cm³/mol. The van der Waals surface area contributed by atoms with Gasteiger partial charge in [-0.3, -0.25) is 4.79 Å². The van der Waals surface area contributed by atoms with Crippen molar-refractivity contribution in [1.29, 1.82) is 0 Å². The Morgan fingerprint density at radius 1 is 1.17 bits per heavy atom. The highest BCUT2D eigenvalue weighted by Crippen LogP contribution is 2.37. The van der Waals surface area contributed by atoms with Crippen molar-refractivity contribution in [1.82, 2.24) is 10.6 Å². The molecule has 6 heteroatoms. The van der Waals surface area contributed by atoms with Crippen LogP contribution >= 0.6 is 0 Å². The van der Waals surface area contributed by atoms with Gasteiger partial charge < -0.3 is 10.6 Å². The van der Waals surface area contributed by atoms with E-state index in [1.165, 1.54) is 12.1 Å². The number of carbonyl (C=O) groups is 1. The molecule has 3 unspecified atom stereocenters. The van der Waals surface area contributed by atoms with Crippen molar-refractivity contribution in [3.63, 3.8) is 0 Å². The molecule has 0 aliphatic carbocycles. The van der Waals surface area contributed by atoms with E-state index < -0.39 is 24.4 Å². The second-order valence-electron chi connectivity index (χ2n) is 6.58. The Kier molecular flexibility index (Phi) is 4.62. The summed E-state index contributed by atoms with van der Waals surface area (Å²) in [5.74, 6) is -2.26. The Labute approximate surface area is 133 Å². The van der Waals surface area contributed by atoms with Crippen LogP contribution in [0, 0.1) is 0 Å². The van der Waals surface area contributed by atoms with Crippen LogP contribution in [0.15, 0.2) is 30.3 Å². The van der Waals surface area contributed by atoms with Crippen LogP contribution < -0.4 is 10.6 Å². The smallest absolute Gasteiger partial charge is 0.353 e. The van der Waals surface area contributed by atoms with Crippen molar-refractivity contribution < 1.29 is 18.0 Å². The van der Waals surface area contributed by atoms with Gasteiger partial charge in [-0.2, -0.15) is 13.2 Å². The molecule has 0 radical (unpaired) electrons. The number of amides is 1. The number of nitrogens with one attached hydrogen (secondary N) is 2. The van der Waals surface area contributed by atoms with Gasteiger partial charge in [-0.1, -0.05) is 30.3 Å². The molecule has 3 rings (SSSR count). The van der Waals surface area contributed by atoms with Gasteiger partial charge in [0.15, 0.2) is 0 Å². The maximum absolute atomic E-state index is 13.3. The van der Waals surface area contributed by atoms with E-state index in [9.17, 15) is 18.0 Å². The normalized spacial score (nSPS) is 28.4. The van der Waals surface area contributed by atoms with Gasteiger partial charge in [0.25, 0.3) is 0 Å². The maximum atomic E-state index is 13.3. The minimum atomic E-state index is -4.42. The molecule has 0 saturated carbocycles. The van der Waals surface area contributed by atoms with E-state index in [1.54, 1.807) is 18.2 Å². The van der Waals surface area contributed by atoms with E-state index >= 15 is 0 Å². The molecule has 2 bridgehead atoms. The average Bonchev–Trinajstić information content (AvgIpc) is 2.83. The first-order valence-corrected chi connectivity index (χ1v) is 8.09. The third kappa shape index (κ3) is 4.05. The zero-order valence-corrected chi connectivity index (χ0v) is 12.8. The van der Waals surface area contributed by atoms with Crippen LogP contribution in [0.25, 0.3) is 0 Å². The first-order valence-electron chi connectivity index (χ1n) is 8.09. The first-order chi connectivity index (χ1) is 10.9. The van der Waals surface area contributed by atoms with E-state index in [2.05, 4.69) is 10.6 Å². The van der Waals surface area contributed by atoms with Crippen molar-refractivity contribution >= 4 is 5.91 Å². The molecule has 126 valence electrons. The number of alkyl halides is 3. The Balaban J connectivity index is 1.62. The molecular weight excluding hydrogens is 305 g/mol. The Bertz CT molecular complexity index is 535. The molecule has 1 amide bonds. The van der Waals surface area contributed by atoms with Gasteiger partial charge in [-0.05, 0) is 31.2 Å². The molecule has 3 nitrogen and oxygen atoms in total. The molecule has 2 fully saturated rings. The van der Waals surface area contributed by atoms with Gasteiger partial charge in [0.1, 0.15) is 0 Å². The van der Waals surface area contributed by atoms with Gasteiger partial charge in [0, 0.05) is 24.5 Å². The average molecular weight is 326 g/mol. The SMILES string of the molecule is O=C(CC(c1ccccc1)C(F)(F)F)NC1CC2CCC(C1)N2. The lowest BCUT2D eigenvalue weighted by molar-refractivity contribution is -0.157. The van der Waals surface area contributed by atoms with Crippen molar-refractivity contribution in [3.8, 4) is 0 Å². The highest BCUT2D eigenvalue weighted by molar-refractivity contribution is 5.77. The molecule has 2 aliphatic rings. The molecule has 0 aromatic heterocycles. The van der Waals surface area contributed by atoms with E-state index in [4.69, 9.17) is 0 Å². The highest BCUT2D eigenvalue weighted by atomic mass is 19.4. The summed E-state index contributed by atoms with van der Waals surface area (Å²) >= 11 is 0. The number of benzene rings is 1. The summed E-state index contributed by atoms with van der Waals surface area (Å²) in [6.07, 6.45) is -1.18. The van der Waals surface area contributed by atoms with Crippen LogP contribution in [-0.4, -0.2) is 30.2 Å². The number of rotatable bonds is 4. The summed E-state index contributed by atoms with van der Waals surface area (Å²) in [5.41, 5.74) is 0.139. The summed E-state index contributed by atoms with van der Waals surface area (Å²) < 4.78 is 39.9. The molecule has 3 atom stereocenters. The monoisotopic (exact) mass is 326 g/mol. The van der Waals surface area contributed by atoms with Crippen LogP contribution in [-0.2, 0) is 4.79 Å². The van der Waals surface area contributed by atoms with E-state index in [0.717, 1.165) is 25.7 Å². The van der Waals surface area contributed by atoms with Crippen LogP contribution in [0.1, 0.15) is 43.6 Å². The van der Waals surface area contributed by atoms with E-state index in [1.807, 2.05) is 0 Å². The number of hydrogen-bond donors (Lipinski definition) is 2. The summed E-state index contributed by atoms with van der Waals surface area (Å²) in [7, 11) is 0. The lowest BCUT2D eigenvalue weighted by Gasteiger charge is -2.30. The maximum Gasteiger partial charge on any atom is 0.396 e. The van der Waals surface area contributed by atoms with Crippen molar-refractivity contribution in [2.24, 2.45) is 0 Å². The molecule has 1 aromatic carbocycles. The molecule has 2 saturated heterocycles. The number of halogens is 3. The van der Waals surface area contributed by atoms with Crippen LogP contribution in [0.2, 0.25) is 0 Å². The second-order valence-corrected chi connectivity index (χ2v) is 6.58. The lowest BCUT2D eigenvalue weighted by atomic mass is 9.94. The summed E-state index contributed by atoms with van der Waals surface area (Å²) in [6, 6.07) is 8.44. The largest absolute Gasteiger partial charge is 0.396 e. The fourth-order valence-electron chi connectivity index (χ4n) is 3.76. The topological polar surface area (TPSA) is 41.1 Å². The lowest BCUT2D eigenvalue weighted by Crippen LogP contribution is -2.48. The van der Waals surface area contributed by atoms with Crippen LogP contribution in [0.3, 0.4) is 0 Å². The van der Waals surface area contributed by atoms with Crippen molar-refractivity contribution in [2.75, 3.05) is 0 Å². The number of piperidine rings is 1. The molecule has 2 heterocycles. The first kappa shape index (κ1) is 16.3. The molecule has 0 spiro atoms. The summed E-state index contributed by atoms with van der Waals surface area (Å²) in [5, 5.41) is 6.27. The fourth-order valence-corrected chi connectivity index (χ4v) is 3.76. The number of fused-ring (bicyclic) bond motifs is 2. The quantitative estimate of drug-likeness (QED) is 0.892. The standard InChI is InChI=1S/C17H21F3N2O/c18-17(19,20)15(11-4-2-1-3-5-11)10-16(23)22-14-8-12-6-7-13(9-14)21-12/h1-5,12-15,21H,6-10H2,(H,22,23). The molecule has 2 N–H and O–H groups in total. The highest BCUT2D eigenvalue weighted by Gasteiger charge is 2.42. The van der Waals surface area contributed by atoms with Crippen molar-refractivity contribution in [3.05, 3.63) is 35.9 Å². The Hall–Kier alpha value is -1.56. The summed E-state index contributed by atoms with van der Waals surface area (Å²) in [4.78, 5) is 12.1. The summed E-state index contributed by atoms with van der Waals surface area (Å²) in [6.45, 7) is 0. The predicted octanol–water partition coefficient (Wildman–Crippen LogP) is 3.12. The van der Waals surface area contributed by atoms with Gasteiger partial charge in [-0.15, -0.1) is 0 Å². The zero-order chi connectivity index (χ0) is 16.4. The third-order valence-electron chi connectivity index (χ3n) is 4.82. The molecular formula is C17H21F3N2O. The minimum Gasteiger partial charge on any atom is -0.353 e.